The molecule has 2 aliphatic heterocycles. The molecule has 37 heavy (non-hydrogen) atoms. The number of benzene rings is 3. The third-order valence-corrected chi connectivity index (χ3v) is 7.07. The van der Waals surface area contributed by atoms with Crippen molar-refractivity contribution in [3.63, 3.8) is 0 Å². The fraction of sp³-hybridized carbons (Fsp3) is 0.250. The molecule has 190 valence electrons. The highest BCUT2D eigenvalue weighted by Gasteiger charge is 2.40. The number of methoxy groups -OCH3 is 2. The van der Waals surface area contributed by atoms with Crippen molar-refractivity contribution in [2.45, 2.75) is 24.9 Å². The Hall–Kier alpha value is -4.04. The molecule has 3 aromatic carbocycles. The molecule has 0 unspecified atom stereocenters. The smallest absolute Gasteiger partial charge is 0.256 e. The normalized spacial score (nSPS) is 18.7. The van der Waals surface area contributed by atoms with Crippen LogP contribution in [-0.4, -0.2) is 55.5 Å². The Morgan fingerprint density at radius 1 is 1.00 bits per heavy atom. The number of amides is 3. The molecule has 5 rings (SSSR count). The van der Waals surface area contributed by atoms with E-state index in [0.717, 1.165) is 11.1 Å². The van der Waals surface area contributed by atoms with Crippen molar-refractivity contribution in [3.05, 3.63) is 76.8 Å². The summed E-state index contributed by atoms with van der Waals surface area (Å²) in [5, 5.41) is 6.46. The molecule has 2 heterocycles. The largest absolute Gasteiger partial charge is 0.497 e. The van der Waals surface area contributed by atoms with Gasteiger partial charge in [-0.2, -0.15) is 0 Å². The molecule has 0 spiro atoms. The minimum atomic E-state index is -0.695. The van der Waals surface area contributed by atoms with Gasteiger partial charge in [0.1, 0.15) is 17.5 Å². The summed E-state index contributed by atoms with van der Waals surface area (Å²) in [7, 11) is 3.14. The number of hydrogen-bond acceptors (Lipinski definition) is 5. The van der Waals surface area contributed by atoms with E-state index in [4.69, 9.17) is 21.1 Å². The van der Waals surface area contributed by atoms with Crippen LogP contribution in [0.2, 0.25) is 5.02 Å². The summed E-state index contributed by atoms with van der Waals surface area (Å²) < 4.78 is 10.6. The number of rotatable bonds is 5. The fourth-order valence-corrected chi connectivity index (χ4v) is 5.05. The highest BCUT2D eigenvalue weighted by atomic mass is 35.5. The number of carbonyl (C=O) groups is 3. The van der Waals surface area contributed by atoms with Crippen molar-refractivity contribution in [1.82, 2.24) is 10.2 Å². The van der Waals surface area contributed by atoms with Crippen LogP contribution in [0.25, 0.3) is 11.1 Å². The van der Waals surface area contributed by atoms with Crippen molar-refractivity contribution in [1.29, 1.82) is 0 Å². The monoisotopic (exact) mass is 519 g/mol. The highest BCUT2D eigenvalue weighted by Crippen LogP contribution is 2.36. The van der Waals surface area contributed by atoms with Crippen molar-refractivity contribution >= 4 is 35.0 Å². The van der Waals surface area contributed by atoms with Crippen LogP contribution < -0.4 is 20.1 Å². The van der Waals surface area contributed by atoms with E-state index in [1.807, 2.05) is 6.07 Å². The Balaban J connectivity index is 1.36. The summed E-state index contributed by atoms with van der Waals surface area (Å²) in [6.07, 6.45) is 0.858. The summed E-state index contributed by atoms with van der Waals surface area (Å²) in [5.41, 5.74) is 2.85. The van der Waals surface area contributed by atoms with Gasteiger partial charge in [0, 0.05) is 28.7 Å². The predicted octanol–water partition coefficient (Wildman–Crippen LogP) is 4.38. The van der Waals surface area contributed by atoms with Gasteiger partial charge in [0.25, 0.3) is 11.8 Å². The quantitative estimate of drug-likeness (QED) is 0.521. The molecular formula is C28H26ClN3O5. The summed E-state index contributed by atoms with van der Waals surface area (Å²) in [5.74, 6) is 0.547. The number of hydrogen-bond donors (Lipinski definition) is 2. The molecule has 1 saturated heterocycles. The van der Waals surface area contributed by atoms with Gasteiger partial charge in [-0.3, -0.25) is 14.4 Å². The highest BCUT2D eigenvalue weighted by molar-refractivity contribution is 6.31. The zero-order chi connectivity index (χ0) is 26.1. The van der Waals surface area contributed by atoms with Crippen molar-refractivity contribution < 1.29 is 23.9 Å². The van der Waals surface area contributed by atoms with Crippen LogP contribution in [0.3, 0.4) is 0 Å². The van der Waals surface area contributed by atoms with Crippen LogP contribution >= 0.6 is 11.6 Å². The van der Waals surface area contributed by atoms with E-state index in [1.165, 1.54) is 0 Å². The molecule has 3 aromatic rings. The van der Waals surface area contributed by atoms with E-state index in [-0.39, 0.29) is 23.8 Å². The predicted molar refractivity (Wildman–Crippen MR) is 140 cm³/mol. The summed E-state index contributed by atoms with van der Waals surface area (Å²) in [4.78, 5) is 41.1. The van der Waals surface area contributed by atoms with Gasteiger partial charge in [-0.15, -0.1) is 0 Å². The first-order valence-electron chi connectivity index (χ1n) is 11.9. The van der Waals surface area contributed by atoms with Crippen LogP contribution in [-0.2, 0) is 4.79 Å². The van der Waals surface area contributed by atoms with Crippen molar-refractivity contribution in [3.8, 4) is 22.6 Å². The number of nitrogens with zero attached hydrogens (tertiary/aromatic N) is 1. The molecule has 0 radical (unpaired) electrons. The van der Waals surface area contributed by atoms with Gasteiger partial charge in [-0.1, -0.05) is 17.7 Å². The van der Waals surface area contributed by atoms with Gasteiger partial charge in [0.15, 0.2) is 0 Å². The average Bonchev–Trinajstić information content (AvgIpc) is 3.02. The Morgan fingerprint density at radius 3 is 2.51 bits per heavy atom. The topological polar surface area (TPSA) is 97.0 Å². The lowest BCUT2D eigenvalue weighted by atomic mass is 9.95. The van der Waals surface area contributed by atoms with Gasteiger partial charge >= 0.3 is 0 Å². The summed E-state index contributed by atoms with van der Waals surface area (Å²) in [6.45, 7) is 0.342. The third kappa shape index (κ3) is 4.84. The van der Waals surface area contributed by atoms with E-state index in [1.54, 1.807) is 73.7 Å². The maximum atomic E-state index is 13.6. The number of fused-ring (bicyclic) bond motifs is 2. The molecule has 2 aliphatic rings. The SMILES string of the molecule is COc1ccc(C(=O)N[C@@H]2CCN3C(=O)c4cc(-c5cc(Cl)ccc5OC)ccc4NC(=O)[C@@H]3C2)cc1. The zero-order valence-electron chi connectivity index (χ0n) is 20.4. The minimum Gasteiger partial charge on any atom is -0.497 e. The number of anilines is 1. The minimum absolute atomic E-state index is 0.232. The Kier molecular flexibility index (Phi) is 6.76. The second-order valence-electron chi connectivity index (χ2n) is 9.03. The third-order valence-electron chi connectivity index (χ3n) is 6.83. The lowest BCUT2D eigenvalue weighted by Gasteiger charge is -2.37. The van der Waals surface area contributed by atoms with E-state index in [2.05, 4.69) is 10.6 Å². The van der Waals surface area contributed by atoms with E-state index >= 15 is 0 Å². The van der Waals surface area contributed by atoms with Gasteiger partial charge < -0.3 is 25.0 Å². The Morgan fingerprint density at radius 2 is 1.78 bits per heavy atom. The maximum Gasteiger partial charge on any atom is 0.256 e. The van der Waals surface area contributed by atoms with Gasteiger partial charge in [0.05, 0.1) is 25.5 Å². The van der Waals surface area contributed by atoms with Gasteiger partial charge in [-0.05, 0) is 73.0 Å². The zero-order valence-corrected chi connectivity index (χ0v) is 21.2. The van der Waals surface area contributed by atoms with E-state index in [0.29, 0.717) is 52.7 Å². The van der Waals surface area contributed by atoms with Crippen LogP contribution in [0.4, 0.5) is 5.69 Å². The molecule has 0 aromatic heterocycles. The van der Waals surface area contributed by atoms with Crippen LogP contribution in [0.5, 0.6) is 11.5 Å². The first-order valence-corrected chi connectivity index (χ1v) is 12.3. The second kappa shape index (κ2) is 10.1. The molecule has 8 nitrogen and oxygen atoms in total. The number of carbonyl (C=O) groups excluding carboxylic acids is 3. The molecule has 0 bridgehead atoms. The molecule has 1 fully saturated rings. The van der Waals surface area contributed by atoms with E-state index < -0.39 is 6.04 Å². The first-order chi connectivity index (χ1) is 17.9. The summed E-state index contributed by atoms with van der Waals surface area (Å²) >= 11 is 6.21. The number of nitrogens with one attached hydrogen (secondary N) is 2. The van der Waals surface area contributed by atoms with E-state index in [9.17, 15) is 14.4 Å². The number of ether oxygens (including phenoxy) is 2. The Labute approximate surface area is 219 Å². The molecule has 0 saturated carbocycles. The standard InChI is InChI=1S/C28H26ClN3O5/c1-36-20-7-3-16(4-8-20)26(33)30-19-11-12-32-24(15-19)27(34)31-23-9-5-17(13-22(23)28(32)35)21-14-18(29)6-10-25(21)37-2/h3-10,13-14,19,24H,11-12,15H2,1-2H3,(H,30,33)(H,31,34)/t19-,24+/m1/s1. The fourth-order valence-electron chi connectivity index (χ4n) is 4.87. The first kappa shape index (κ1) is 24.6. The molecule has 0 aliphatic carbocycles. The lowest BCUT2D eigenvalue weighted by molar-refractivity contribution is -0.121. The van der Waals surface area contributed by atoms with Crippen molar-refractivity contribution in [2.75, 3.05) is 26.1 Å². The molecule has 2 atom stereocenters. The van der Waals surface area contributed by atoms with Gasteiger partial charge in [-0.25, -0.2) is 0 Å². The molecule has 2 N–H and O–H groups in total. The lowest BCUT2D eigenvalue weighted by Crippen LogP contribution is -2.55. The van der Waals surface area contributed by atoms with Crippen LogP contribution in [0, 0.1) is 0 Å². The van der Waals surface area contributed by atoms with Crippen LogP contribution in [0.1, 0.15) is 33.6 Å². The van der Waals surface area contributed by atoms with Gasteiger partial charge in [0.2, 0.25) is 5.91 Å². The second-order valence-corrected chi connectivity index (χ2v) is 9.47. The molecule has 9 heteroatoms. The van der Waals surface area contributed by atoms with Crippen molar-refractivity contribution in [2.24, 2.45) is 0 Å². The molecule has 3 amide bonds. The number of piperidine rings is 1. The number of halogens is 1. The van der Waals surface area contributed by atoms with Crippen LogP contribution in [0.15, 0.2) is 60.7 Å². The molecular weight excluding hydrogens is 494 g/mol. The maximum absolute atomic E-state index is 13.6. The Bertz CT molecular complexity index is 1370. The average molecular weight is 520 g/mol. The summed E-state index contributed by atoms with van der Waals surface area (Å²) in [6, 6.07) is 16.5.